The third-order valence-electron chi connectivity index (χ3n) is 3.21. The fourth-order valence-electron chi connectivity index (χ4n) is 2.05. The van der Waals surface area contributed by atoms with Crippen LogP contribution in [0.2, 0.25) is 0 Å². The fourth-order valence-corrected chi connectivity index (χ4v) is 2.89. The highest BCUT2D eigenvalue weighted by molar-refractivity contribution is 7.16. The normalized spacial score (nSPS) is 10.4. The predicted octanol–water partition coefficient (Wildman–Crippen LogP) is 3.15. The third kappa shape index (κ3) is 3.67. The lowest BCUT2D eigenvalue weighted by molar-refractivity contribution is 0.0954. The molecule has 0 aliphatic rings. The molecular formula is C17H14N2O3S. The number of aromatic hydroxyl groups is 2. The monoisotopic (exact) mass is 326 g/mol. The molecule has 6 heteroatoms. The molecule has 0 fully saturated rings. The lowest BCUT2D eigenvalue weighted by atomic mass is 10.2. The van der Waals surface area contributed by atoms with Crippen LogP contribution < -0.4 is 5.32 Å². The van der Waals surface area contributed by atoms with Crippen LogP contribution in [0.25, 0.3) is 10.6 Å². The highest BCUT2D eigenvalue weighted by atomic mass is 32.1. The van der Waals surface area contributed by atoms with Gasteiger partial charge in [-0.2, -0.15) is 0 Å². The Morgan fingerprint density at radius 3 is 2.61 bits per heavy atom. The number of thiazole rings is 1. The fraction of sp³-hybridized carbons (Fsp3) is 0.0588. The van der Waals surface area contributed by atoms with Gasteiger partial charge in [-0.1, -0.05) is 12.1 Å². The SMILES string of the molecule is O=C(NCc1cccc(O)c1)c1cnc(-c2ccc(O)cc2)s1. The topological polar surface area (TPSA) is 82.5 Å². The van der Waals surface area contributed by atoms with Gasteiger partial charge in [-0.15, -0.1) is 11.3 Å². The number of amides is 1. The number of carbonyl (C=O) groups is 1. The summed E-state index contributed by atoms with van der Waals surface area (Å²) in [6, 6.07) is 13.4. The first-order valence-electron chi connectivity index (χ1n) is 6.93. The Morgan fingerprint density at radius 2 is 1.87 bits per heavy atom. The Hall–Kier alpha value is -2.86. The Bertz CT molecular complexity index is 828. The molecule has 0 aliphatic heterocycles. The van der Waals surface area contributed by atoms with E-state index in [0.29, 0.717) is 16.4 Å². The van der Waals surface area contributed by atoms with Crippen LogP contribution in [0.4, 0.5) is 0 Å². The van der Waals surface area contributed by atoms with Gasteiger partial charge in [0.05, 0.1) is 6.20 Å². The summed E-state index contributed by atoms with van der Waals surface area (Å²) in [5.41, 5.74) is 1.67. The number of nitrogens with zero attached hydrogens (tertiary/aromatic N) is 1. The van der Waals surface area contributed by atoms with Crippen LogP contribution in [0.1, 0.15) is 15.2 Å². The third-order valence-corrected chi connectivity index (χ3v) is 4.25. The van der Waals surface area contributed by atoms with E-state index in [2.05, 4.69) is 10.3 Å². The number of rotatable bonds is 4. The van der Waals surface area contributed by atoms with Gasteiger partial charge in [0.2, 0.25) is 0 Å². The average Bonchev–Trinajstić information content (AvgIpc) is 3.03. The number of hydrogen-bond acceptors (Lipinski definition) is 5. The molecule has 3 N–H and O–H groups in total. The van der Waals surface area contributed by atoms with Crippen molar-refractivity contribution in [2.45, 2.75) is 6.54 Å². The minimum atomic E-state index is -0.212. The van der Waals surface area contributed by atoms with Crippen molar-refractivity contribution in [3.8, 4) is 22.1 Å². The Labute approximate surface area is 136 Å². The van der Waals surface area contributed by atoms with Crippen LogP contribution in [0.15, 0.2) is 54.7 Å². The van der Waals surface area contributed by atoms with Crippen molar-refractivity contribution in [3.05, 3.63) is 65.2 Å². The van der Waals surface area contributed by atoms with Crippen LogP contribution in [0, 0.1) is 0 Å². The van der Waals surface area contributed by atoms with Crippen molar-refractivity contribution in [2.75, 3.05) is 0 Å². The molecular weight excluding hydrogens is 312 g/mol. The van der Waals surface area contributed by atoms with Gasteiger partial charge in [-0.25, -0.2) is 4.98 Å². The molecule has 0 spiro atoms. The zero-order chi connectivity index (χ0) is 16.2. The summed E-state index contributed by atoms with van der Waals surface area (Å²) in [4.78, 5) is 16.9. The van der Waals surface area contributed by atoms with Crippen LogP contribution >= 0.6 is 11.3 Å². The second-order valence-corrected chi connectivity index (χ2v) is 5.96. The highest BCUT2D eigenvalue weighted by Crippen LogP contribution is 2.26. The van der Waals surface area contributed by atoms with Crippen LogP contribution in [0.3, 0.4) is 0 Å². The molecule has 0 atom stereocenters. The van der Waals surface area contributed by atoms with Gasteiger partial charge in [0, 0.05) is 12.1 Å². The second-order valence-electron chi connectivity index (χ2n) is 4.93. The molecule has 2 aromatic carbocycles. The molecule has 1 aromatic heterocycles. The summed E-state index contributed by atoms with van der Waals surface area (Å²) < 4.78 is 0. The van der Waals surface area contributed by atoms with Gasteiger partial charge >= 0.3 is 0 Å². The van der Waals surface area contributed by atoms with E-state index < -0.39 is 0 Å². The standard InChI is InChI=1S/C17H14N2O3S/c20-13-6-4-12(5-7-13)17-19-10-15(23-17)16(22)18-9-11-2-1-3-14(21)8-11/h1-8,10,20-21H,9H2,(H,18,22). The van der Waals surface area contributed by atoms with Crippen LogP contribution in [-0.4, -0.2) is 21.1 Å². The number of phenolic OH excluding ortho intramolecular Hbond substituents is 2. The molecule has 0 bridgehead atoms. The maximum atomic E-state index is 12.2. The maximum absolute atomic E-state index is 12.2. The average molecular weight is 326 g/mol. The van der Waals surface area contributed by atoms with E-state index in [1.165, 1.54) is 17.5 Å². The number of aromatic nitrogens is 1. The number of carbonyl (C=O) groups excluding carboxylic acids is 1. The van der Waals surface area contributed by atoms with E-state index in [1.54, 1.807) is 42.5 Å². The molecule has 1 amide bonds. The molecule has 5 nitrogen and oxygen atoms in total. The summed E-state index contributed by atoms with van der Waals surface area (Å²) in [5, 5.41) is 22.2. The van der Waals surface area contributed by atoms with E-state index in [4.69, 9.17) is 0 Å². The highest BCUT2D eigenvalue weighted by Gasteiger charge is 2.11. The molecule has 3 aromatic rings. The zero-order valence-corrected chi connectivity index (χ0v) is 12.9. The maximum Gasteiger partial charge on any atom is 0.263 e. The van der Waals surface area contributed by atoms with Crippen molar-refractivity contribution >= 4 is 17.2 Å². The van der Waals surface area contributed by atoms with Gasteiger partial charge in [0.1, 0.15) is 21.4 Å². The molecule has 23 heavy (non-hydrogen) atoms. The van der Waals surface area contributed by atoms with Gasteiger partial charge in [0.25, 0.3) is 5.91 Å². The molecule has 0 aliphatic carbocycles. The first kappa shape index (κ1) is 15.1. The lowest BCUT2D eigenvalue weighted by Gasteiger charge is -2.03. The van der Waals surface area contributed by atoms with E-state index in [0.717, 1.165) is 11.1 Å². The molecule has 1 heterocycles. The first-order chi connectivity index (χ1) is 11.1. The molecule has 0 unspecified atom stereocenters. The van der Waals surface area contributed by atoms with E-state index in [-0.39, 0.29) is 17.4 Å². The van der Waals surface area contributed by atoms with Gasteiger partial charge in [-0.05, 0) is 42.0 Å². The summed E-state index contributed by atoms with van der Waals surface area (Å²) in [6.07, 6.45) is 1.53. The Kier molecular flexibility index (Phi) is 4.25. The van der Waals surface area contributed by atoms with Crippen LogP contribution in [-0.2, 0) is 6.54 Å². The van der Waals surface area contributed by atoms with Gasteiger partial charge in [0.15, 0.2) is 0 Å². The quantitative estimate of drug-likeness (QED) is 0.688. The minimum Gasteiger partial charge on any atom is -0.508 e. The van der Waals surface area contributed by atoms with Crippen molar-refractivity contribution < 1.29 is 15.0 Å². The lowest BCUT2D eigenvalue weighted by Crippen LogP contribution is -2.21. The van der Waals surface area contributed by atoms with E-state index in [9.17, 15) is 15.0 Å². The largest absolute Gasteiger partial charge is 0.508 e. The Balaban J connectivity index is 1.67. The smallest absolute Gasteiger partial charge is 0.263 e. The summed E-state index contributed by atoms with van der Waals surface area (Å²) in [5.74, 6) is 0.148. The summed E-state index contributed by atoms with van der Waals surface area (Å²) in [6.45, 7) is 0.333. The molecule has 0 radical (unpaired) electrons. The van der Waals surface area contributed by atoms with Gasteiger partial charge in [-0.3, -0.25) is 4.79 Å². The van der Waals surface area contributed by atoms with E-state index in [1.807, 2.05) is 6.07 Å². The van der Waals surface area contributed by atoms with Crippen LogP contribution in [0.5, 0.6) is 11.5 Å². The van der Waals surface area contributed by atoms with E-state index >= 15 is 0 Å². The predicted molar refractivity (Wildman–Crippen MR) is 88.5 cm³/mol. The first-order valence-corrected chi connectivity index (χ1v) is 7.75. The minimum absolute atomic E-state index is 0.171. The summed E-state index contributed by atoms with van der Waals surface area (Å²) in [7, 11) is 0. The zero-order valence-electron chi connectivity index (χ0n) is 12.1. The number of phenols is 2. The number of hydrogen-bond donors (Lipinski definition) is 3. The van der Waals surface area contributed by atoms with Crippen molar-refractivity contribution in [3.63, 3.8) is 0 Å². The molecule has 116 valence electrons. The molecule has 0 saturated carbocycles. The molecule has 3 rings (SSSR count). The summed E-state index contributed by atoms with van der Waals surface area (Å²) >= 11 is 1.28. The molecule has 0 saturated heterocycles. The van der Waals surface area contributed by atoms with Gasteiger partial charge < -0.3 is 15.5 Å². The number of benzene rings is 2. The second kappa shape index (κ2) is 6.50. The number of nitrogens with one attached hydrogen (secondary N) is 1. The van der Waals surface area contributed by atoms with Crippen molar-refractivity contribution in [1.29, 1.82) is 0 Å². The van der Waals surface area contributed by atoms with Crippen molar-refractivity contribution in [2.24, 2.45) is 0 Å². The van der Waals surface area contributed by atoms with Crippen molar-refractivity contribution in [1.82, 2.24) is 10.3 Å². The Morgan fingerprint density at radius 1 is 1.09 bits per heavy atom.